The first kappa shape index (κ1) is 14.4. The van der Waals surface area contributed by atoms with Crippen molar-refractivity contribution in [2.24, 2.45) is 5.73 Å². The number of rotatable bonds is 4. The predicted molar refractivity (Wildman–Crippen MR) is 71.9 cm³/mol. The zero-order valence-electron chi connectivity index (χ0n) is 10.5. The summed E-state index contributed by atoms with van der Waals surface area (Å²) in [6.45, 7) is 7.75. The zero-order chi connectivity index (χ0) is 13.3. The van der Waals surface area contributed by atoms with Crippen LogP contribution in [-0.2, 0) is 15.4 Å². The van der Waals surface area contributed by atoms with E-state index >= 15 is 0 Å². The Morgan fingerprint density at radius 3 is 2.53 bits per heavy atom. The molecular formula is C10H19N3O2S2. The minimum Gasteiger partial charge on any atom is -0.329 e. The van der Waals surface area contributed by atoms with Gasteiger partial charge in [0.05, 0.1) is 10.9 Å². The van der Waals surface area contributed by atoms with Crippen LogP contribution in [0.3, 0.4) is 0 Å². The predicted octanol–water partition coefficient (Wildman–Crippen LogP) is 1.53. The first-order valence-electron chi connectivity index (χ1n) is 5.34. The van der Waals surface area contributed by atoms with Crippen LogP contribution < -0.4 is 10.5 Å². The van der Waals surface area contributed by atoms with Crippen molar-refractivity contribution in [2.45, 2.75) is 38.4 Å². The highest BCUT2D eigenvalue weighted by Gasteiger charge is 2.22. The van der Waals surface area contributed by atoms with Crippen molar-refractivity contribution in [1.29, 1.82) is 0 Å². The highest BCUT2D eigenvalue weighted by Crippen LogP contribution is 2.27. The summed E-state index contributed by atoms with van der Waals surface area (Å²) in [6.07, 6.45) is 0. The van der Waals surface area contributed by atoms with E-state index in [2.05, 4.69) is 9.71 Å². The van der Waals surface area contributed by atoms with E-state index in [-0.39, 0.29) is 12.0 Å². The van der Waals surface area contributed by atoms with Crippen LogP contribution in [-0.4, -0.2) is 25.2 Å². The molecule has 5 nitrogen and oxygen atoms in total. The summed E-state index contributed by atoms with van der Waals surface area (Å²) in [5.41, 5.74) is 6.14. The third-order valence-corrected chi connectivity index (χ3v) is 4.98. The number of nitrogens with zero attached hydrogens (tertiary/aromatic N) is 1. The van der Waals surface area contributed by atoms with Gasteiger partial charge in [0.15, 0.2) is 5.13 Å². The molecule has 0 bridgehead atoms. The fourth-order valence-electron chi connectivity index (χ4n) is 1.01. The average molecular weight is 277 g/mol. The topological polar surface area (TPSA) is 85.1 Å². The van der Waals surface area contributed by atoms with Crippen LogP contribution in [0, 0.1) is 0 Å². The summed E-state index contributed by atoms with van der Waals surface area (Å²) in [4.78, 5) is 4.27. The molecule has 1 unspecified atom stereocenters. The van der Waals surface area contributed by atoms with Crippen LogP contribution >= 0.6 is 11.3 Å². The summed E-state index contributed by atoms with van der Waals surface area (Å²) >= 11 is 1.29. The molecule has 0 spiro atoms. The molecule has 17 heavy (non-hydrogen) atoms. The monoisotopic (exact) mass is 277 g/mol. The Morgan fingerprint density at radius 2 is 2.12 bits per heavy atom. The van der Waals surface area contributed by atoms with Crippen molar-refractivity contribution >= 4 is 26.5 Å². The molecule has 0 amide bonds. The molecule has 0 aliphatic rings. The first-order chi connectivity index (χ1) is 7.66. The minimum absolute atomic E-state index is 0.0837. The van der Waals surface area contributed by atoms with Crippen molar-refractivity contribution in [1.82, 2.24) is 4.98 Å². The summed E-state index contributed by atoms with van der Waals surface area (Å²) in [5.74, 6) is 0. The van der Waals surface area contributed by atoms with E-state index in [0.717, 1.165) is 5.69 Å². The van der Waals surface area contributed by atoms with Gasteiger partial charge in [-0.3, -0.25) is 4.72 Å². The molecule has 1 aromatic rings. The maximum atomic E-state index is 11.8. The van der Waals surface area contributed by atoms with Crippen LogP contribution in [0.5, 0.6) is 0 Å². The molecule has 0 aliphatic heterocycles. The fourth-order valence-corrected chi connectivity index (χ4v) is 3.08. The highest BCUT2D eigenvalue weighted by molar-refractivity contribution is 7.93. The van der Waals surface area contributed by atoms with E-state index < -0.39 is 15.3 Å². The molecule has 0 aromatic carbocycles. The number of nitrogens with one attached hydrogen (secondary N) is 1. The Bertz CT molecular complexity index is 474. The highest BCUT2D eigenvalue weighted by atomic mass is 32.2. The molecule has 0 radical (unpaired) electrons. The molecule has 0 saturated heterocycles. The summed E-state index contributed by atoms with van der Waals surface area (Å²) in [7, 11) is -3.42. The number of nitrogens with two attached hydrogens (primary N) is 1. The lowest BCUT2D eigenvalue weighted by atomic mass is 9.93. The fraction of sp³-hybridized carbons (Fsp3) is 0.700. The summed E-state index contributed by atoms with van der Waals surface area (Å²) in [6, 6.07) is 0. The average Bonchev–Trinajstić information content (AvgIpc) is 2.63. The van der Waals surface area contributed by atoms with Crippen molar-refractivity contribution in [3.8, 4) is 0 Å². The van der Waals surface area contributed by atoms with Gasteiger partial charge in [0.2, 0.25) is 10.0 Å². The third kappa shape index (κ3) is 3.65. The molecule has 0 fully saturated rings. The van der Waals surface area contributed by atoms with Gasteiger partial charge in [0.25, 0.3) is 0 Å². The Hall–Kier alpha value is -0.660. The largest absolute Gasteiger partial charge is 0.329 e. The first-order valence-corrected chi connectivity index (χ1v) is 7.77. The molecule has 98 valence electrons. The summed E-state index contributed by atoms with van der Waals surface area (Å²) in [5, 5.41) is 1.64. The van der Waals surface area contributed by atoms with E-state index in [9.17, 15) is 8.42 Å². The van der Waals surface area contributed by atoms with Gasteiger partial charge in [0.1, 0.15) is 0 Å². The SMILES string of the molecule is CC(CN)S(=O)(=O)Nc1nc(C(C)(C)C)cs1. The number of hydrogen-bond acceptors (Lipinski definition) is 5. The lowest BCUT2D eigenvalue weighted by Crippen LogP contribution is -2.31. The van der Waals surface area contributed by atoms with Gasteiger partial charge in [0, 0.05) is 17.3 Å². The van der Waals surface area contributed by atoms with Crippen LogP contribution in [0.1, 0.15) is 33.4 Å². The van der Waals surface area contributed by atoms with Crippen molar-refractivity contribution in [2.75, 3.05) is 11.3 Å². The maximum absolute atomic E-state index is 11.8. The van der Waals surface area contributed by atoms with E-state index in [1.165, 1.54) is 11.3 Å². The number of hydrogen-bond donors (Lipinski definition) is 2. The third-order valence-electron chi connectivity index (χ3n) is 2.36. The molecule has 0 aliphatic carbocycles. The van der Waals surface area contributed by atoms with Crippen molar-refractivity contribution in [3.05, 3.63) is 11.1 Å². The standard InChI is InChI=1S/C10H19N3O2S2/c1-7(5-11)17(14,15)13-9-12-8(6-16-9)10(2,3)4/h6-7H,5,11H2,1-4H3,(H,12,13). The van der Waals surface area contributed by atoms with Crippen molar-refractivity contribution < 1.29 is 8.42 Å². The number of sulfonamides is 1. The van der Waals surface area contributed by atoms with Crippen molar-refractivity contribution in [3.63, 3.8) is 0 Å². The van der Waals surface area contributed by atoms with Crippen LogP contribution in [0.15, 0.2) is 5.38 Å². The van der Waals surface area contributed by atoms with Gasteiger partial charge in [-0.15, -0.1) is 11.3 Å². The molecule has 0 saturated carbocycles. The Balaban J connectivity index is 2.87. The normalized spacial score (nSPS) is 14.6. The van der Waals surface area contributed by atoms with Gasteiger partial charge in [-0.05, 0) is 6.92 Å². The molecule has 3 N–H and O–H groups in total. The second-order valence-electron chi connectivity index (χ2n) is 4.98. The number of aromatic nitrogens is 1. The van der Waals surface area contributed by atoms with Crippen LogP contribution in [0.4, 0.5) is 5.13 Å². The second-order valence-corrected chi connectivity index (χ2v) is 7.94. The molecular weight excluding hydrogens is 258 g/mol. The molecule has 1 aromatic heterocycles. The van der Waals surface area contributed by atoms with Gasteiger partial charge < -0.3 is 5.73 Å². The van der Waals surface area contributed by atoms with E-state index in [1.807, 2.05) is 26.2 Å². The lowest BCUT2D eigenvalue weighted by Gasteiger charge is -2.14. The van der Waals surface area contributed by atoms with Crippen LogP contribution in [0.2, 0.25) is 0 Å². The Kier molecular flexibility index (Phi) is 4.16. The summed E-state index contributed by atoms with van der Waals surface area (Å²) < 4.78 is 26.0. The Morgan fingerprint density at radius 1 is 1.53 bits per heavy atom. The molecule has 7 heteroatoms. The van der Waals surface area contributed by atoms with Gasteiger partial charge in [-0.25, -0.2) is 13.4 Å². The smallest absolute Gasteiger partial charge is 0.238 e. The maximum Gasteiger partial charge on any atom is 0.238 e. The molecule has 1 rings (SSSR count). The molecule has 1 atom stereocenters. The van der Waals surface area contributed by atoms with E-state index in [4.69, 9.17) is 5.73 Å². The second kappa shape index (κ2) is 4.91. The van der Waals surface area contributed by atoms with E-state index in [1.54, 1.807) is 6.92 Å². The zero-order valence-corrected chi connectivity index (χ0v) is 12.2. The van der Waals surface area contributed by atoms with E-state index in [0.29, 0.717) is 5.13 Å². The van der Waals surface area contributed by atoms with Gasteiger partial charge >= 0.3 is 0 Å². The number of thiazole rings is 1. The van der Waals surface area contributed by atoms with Gasteiger partial charge in [-0.1, -0.05) is 20.8 Å². The molecule has 1 heterocycles. The lowest BCUT2D eigenvalue weighted by molar-refractivity contribution is 0.573. The quantitative estimate of drug-likeness (QED) is 0.874. The minimum atomic E-state index is -3.42. The number of anilines is 1. The van der Waals surface area contributed by atoms with Crippen LogP contribution in [0.25, 0.3) is 0 Å². The van der Waals surface area contributed by atoms with Gasteiger partial charge in [-0.2, -0.15) is 0 Å². The Labute approximate surface area is 106 Å².